The second-order valence-corrected chi connectivity index (χ2v) is 5.64. The van der Waals surface area contributed by atoms with E-state index in [2.05, 4.69) is 29.6 Å². The van der Waals surface area contributed by atoms with Gasteiger partial charge in [-0.3, -0.25) is 0 Å². The van der Waals surface area contributed by atoms with Crippen molar-refractivity contribution in [2.45, 2.75) is 39.3 Å². The summed E-state index contributed by atoms with van der Waals surface area (Å²) >= 11 is 0. The fraction of sp³-hybridized carbons (Fsp3) is 0.467. The number of nitriles is 1. The van der Waals surface area contributed by atoms with E-state index in [0.717, 1.165) is 11.1 Å². The van der Waals surface area contributed by atoms with E-state index in [1.807, 2.05) is 13.8 Å². The van der Waals surface area contributed by atoms with Crippen molar-refractivity contribution in [2.24, 2.45) is 0 Å². The quantitative estimate of drug-likeness (QED) is 0.885. The van der Waals surface area contributed by atoms with E-state index < -0.39 is 5.54 Å². The summed E-state index contributed by atoms with van der Waals surface area (Å²) < 4.78 is 0. The van der Waals surface area contributed by atoms with Crippen molar-refractivity contribution >= 4 is 6.03 Å². The smallest absolute Gasteiger partial charge is 0.319 e. The average Bonchev–Trinajstić information content (AvgIpc) is 2.75. The van der Waals surface area contributed by atoms with Gasteiger partial charge in [0, 0.05) is 6.54 Å². The van der Waals surface area contributed by atoms with Crippen molar-refractivity contribution < 1.29 is 4.79 Å². The topological polar surface area (TPSA) is 56.1 Å². The minimum atomic E-state index is -0.781. The van der Waals surface area contributed by atoms with Gasteiger partial charge >= 0.3 is 6.03 Å². The van der Waals surface area contributed by atoms with Crippen molar-refractivity contribution in [3.05, 3.63) is 34.9 Å². The Hall–Kier alpha value is -2.02. The first-order valence-corrected chi connectivity index (χ1v) is 6.41. The van der Waals surface area contributed by atoms with Crippen LogP contribution in [-0.4, -0.2) is 23.0 Å². The number of nitrogens with zero attached hydrogens (tertiary/aromatic N) is 2. The maximum atomic E-state index is 12.0. The summed E-state index contributed by atoms with van der Waals surface area (Å²) in [7, 11) is 0. The zero-order chi connectivity index (χ0) is 14.2. The van der Waals surface area contributed by atoms with E-state index in [1.165, 1.54) is 5.56 Å². The molecule has 4 nitrogen and oxygen atoms in total. The largest absolute Gasteiger partial charge is 0.329 e. The van der Waals surface area contributed by atoms with Gasteiger partial charge in [0.15, 0.2) is 0 Å². The lowest BCUT2D eigenvalue weighted by molar-refractivity contribution is 0.186. The zero-order valence-electron chi connectivity index (χ0n) is 11.8. The van der Waals surface area contributed by atoms with Gasteiger partial charge < -0.3 is 10.2 Å². The molecule has 0 aliphatic carbocycles. The molecule has 1 aromatic carbocycles. The van der Waals surface area contributed by atoms with Gasteiger partial charge in [0.2, 0.25) is 0 Å². The second kappa shape index (κ2) is 4.58. The van der Waals surface area contributed by atoms with Gasteiger partial charge in [-0.25, -0.2) is 4.79 Å². The van der Waals surface area contributed by atoms with Crippen LogP contribution in [-0.2, 0) is 0 Å². The summed E-state index contributed by atoms with van der Waals surface area (Å²) in [6.45, 7) is 8.13. The number of urea groups is 1. The summed E-state index contributed by atoms with van der Waals surface area (Å²) in [5.41, 5.74) is 2.68. The van der Waals surface area contributed by atoms with Crippen molar-refractivity contribution in [1.82, 2.24) is 10.2 Å². The van der Waals surface area contributed by atoms with Crippen LogP contribution in [0.15, 0.2) is 18.2 Å². The minimum Gasteiger partial charge on any atom is -0.329 e. The van der Waals surface area contributed by atoms with Crippen molar-refractivity contribution in [2.75, 3.05) is 6.54 Å². The summed E-state index contributed by atoms with van der Waals surface area (Å²) in [4.78, 5) is 13.6. The van der Waals surface area contributed by atoms with E-state index in [9.17, 15) is 4.79 Å². The zero-order valence-corrected chi connectivity index (χ0v) is 11.8. The van der Waals surface area contributed by atoms with Crippen LogP contribution >= 0.6 is 0 Å². The third-order valence-corrected chi connectivity index (χ3v) is 3.67. The molecule has 1 aliphatic heterocycles. The number of benzene rings is 1. The van der Waals surface area contributed by atoms with Crippen LogP contribution in [0.3, 0.4) is 0 Å². The molecule has 1 fully saturated rings. The summed E-state index contributed by atoms with van der Waals surface area (Å²) in [6.07, 6.45) is 0. The molecular weight excluding hydrogens is 238 g/mol. The van der Waals surface area contributed by atoms with Crippen LogP contribution in [0.5, 0.6) is 0 Å². The lowest BCUT2D eigenvalue weighted by Crippen LogP contribution is -2.44. The molecule has 1 unspecified atom stereocenters. The number of carbonyl (C=O) groups excluding carboxylic acids is 1. The Bertz CT molecular complexity index is 557. The third-order valence-electron chi connectivity index (χ3n) is 3.67. The number of carbonyl (C=O) groups is 1. The van der Waals surface area contributed by atoms with E-state index >= 15 is 0 Å². The highest BCUT2D eigenvalue weighted by Crippen LogP contribution is 2.28. The van der Waals surface area contributed by atoms with Crippen LogP contribution in [0.2, 0.25) is 0 Å². The van der Waals surface area contributed by atoms with E-state index in [1.54, 1.807) is 18.7 Å². The third kappa shape index (κ3) is 2.41. The molecule has 1 atom stereocenters. The molecule has 19 heavy (non-hydrogen) atoms. The fourth-order valence-electron chi connectivity index (χ4n) is 2.39. The molecule has 0 aromatic heterocycles. The molecule has 1 saturated heterocycles. The maximum absolute atomic E-state index is 12.0. The molecule has 2 amide bonds. The number of hydrogen-bond acceptors (Lipinski definition) is 2. The monoisotopic (exact) mass is 257 g/mol. The lowest BCUT2D eigenvalue weighted by atomic mass is 9.98. The van der Waals surface area contributed by atoms with Gasteiger partial charge in [-0.2, -0.15) is 5.26 Å². The number of nitrogens with one attached hydrogen (secondary N) is 1. The molecule has 1 heterocycles. The summed E-state index contributed by atoms with van der Waals surface area (Å²) in [6, 6.07) is 8.19. The Morgan fingerprint density at radius 2 is 2.11 bits per heavy atom. The summed E-state index contributed by atoms with van der Waals surface area (Å²) in [5.74, 6) is 0. The lowest BCUT2D eigenvalue weighted by Gasteiger charge is -2.27. The molecule has 1 aliphatic rings. The summed E-state index contributed by atoms with van der Waals surface area (Å²) in [5, 5.41) is 12.1. The molecule has 4 heteroatoms. The Morgan fingerprint density at radius 1 is 1.42 bits per heavy atom. The molecule has 1 N–H and O–H groups in total. The highest BCUT2D eigenvalue weighted by molar-refractivity contribution is 5.78. The van der Waals surface area contributed by atoms with E-state index in [-0.39, 0.29) is 12.1 Å². The predicted octanol–water partition coefficient (Wildman–Crippen LogP) is 2.67. The first-order valence-electron chi connectivity index (χ1n) is 6.41. The Morgan fingerprint density at radius 3 is 2.74 bits per heavy atom. The van der Waals surface area contributed by atoms with Crippen LogP contribution < -0.4 is 5.32 Å². The fourth-order valence-corrected chi connectivity index (χ4v) is 2.39. The van der Waals surface area contributed by atoms with Crippen LogP contribution in [0, 0.1) is 25.2 Å². The van der Waals surface area contributed by atoms with Gasteiger partial charge in [0.05, 0.1) is 12.1 Å². The number of rotatable bonds is 2. The molecule has 0 saturated carbocycles. The second-order valence-electron chi connectivity index (χ2n) is 5.64. The van der Waals surface area contributed by atoms with Gasteiger partial charge in [-0.15, -0.1) is 0 Å². The molecule has 2 rings (SSSR count). The van der Waals surface area contributed by atoms with Gasteiger partial charge in [-0.1, -0.05) is 23.8 Å². The highest BCUT2D eigenvalue weighted by atomic mass is 16.2. The molecule has 100 valence electrons. The Kier molecular flexibility index (Phi) is 3.23. The van der Waals surface area contributed by atoms with Crippen molar-refractivity contribution in [3.63, 3.8) is 0 Å². The normalized spacial score (nSPS) is 19.2. The van der Waals surface area contributed by atoms with Crippen LogP contribution in [0.1, 0.15) is 36.6 Å². The van der Waals surface area contributed by atoms with E-state index in [0.29, 0.717) is 6.54 Å². The van der Waals surface area contributed by atoms with Crippen LogP contribution in [0.25, 0.3) is 0 Å². The molecule has 1 aromatic rings. The molecular formula is C15H19N3O. The predicted molar refractivity (Wildman–Crippen MR) is 73.6 cm³/mol. The Balaban J connectivity index is 2.29. The number of aryl methyl sites for hydroxylation is 2. The maximum Gasteiger partial charge on any atom is 0.319 e. The first kappa shape index (κ1) is 13.4. The SMILES string of the molecule is Cc1ccc(C)c(C2CN(C(C)(C)C#N)C(=O)N2)c1. The molecule has 0 radical (unpaired) electrons. The molecule has 0 bridgehead atoms. The van der Waals surface area contributed by atoms with Gasteiger partial charge in [0.1, 0.15) is 5.54 Å². The van der Waals surface area contributed by atoms with Gasteiger partial charge in [0.25, 0.3) is 0 Å². The standard InChI is InChI=1S/C15H19N3O/c1-10-5-6-11(2)12(7-10)13-8-18(14(19)17-13)15(3,4)9-16/h5-7,13H,8H2,1-4H3,(H,17,19). The Labute approximate surface area is 114 Å². The first-order chi connectivity index (χ1) is 8.85. The van der Waals surface area contributed by atoms with Crippen molar-refractivity contribution in [1.29, 1.82) is 5.26 Å². The van der Waals surface area contributed by atoms with Gasteiger partial charge in [-0.05, 0) is 38.8 Å². The average molecular weight is 257 g/mol. The minimum absolute atomic E-state index is 0.0416. The number of hydrogen-bond donors (Lipinski definition) is 1. The number of amides is 2. The van der Waals surface area contributed by atoms with Crippen LogP contribution in [0.4, 0.5) is 4.79 Å². The van der Waals surface area contributed by atoms with Crippen molar-refractivity contribution in [3.8, 4) is 6.07 Å². The highest BCUT2D eigenvalue weighted by Gasteiger charge is 2.39. The molecule has 0 spiro atoms. The van der Waals surface area contributed by atoms with E-state index in [4.69, 9.17) is 5.26 Å².